The summed E-state index contributed by atoms with van der Waals surface area (Å²) in [6, 6.07) is -5.10. The van der Waals surface area contributed by atoms with Gasteiger partial charge in [-0.05, 0) is 12.3 Å². The summed E-state index contributed by atoms with van der Waals surface area (Å²) in [6.45, 7) is 3.27. The number of amides is 5. The van der Waals surface area contributed by atoms with Crippen molar-refractivity contribution in [3.8, 4) is 0 Å². The number of nitrogens with one attached hydrogen (secondary N) is 4. The number of nitrogens with zero attached hydrogens (tertiary/aromatic N) is 1. The highest BCUT2D eigenvalue weighted by atomic mass is 16.4. The number of H-pyrrole nitrogens is 1. The summed E-state index contributed by atoms with van der Waals surface area (Å²) in [5, 5.41) is 16.6. The Bertz CT molecular complexity index is 919. The van der Waals surface area contributed by atoms with Gasteiger partial charge in [0.25, 0.3) is 0 Å². The largest absolute Gasteiger partial charge is 0.480 e. The molecule has 0 spiro atoms. The molecule has 15 nitrogen and oxygen atoms in total. The summed E-state index contributed by atoms with van der Waals surface area (Å²) in [5.74, 6) is -5.74. The minimum Gasteiger partial charge on any atom is -0.480 e. The summed E-state index contributed by atoms with van der Waals surface area (Å²) >= 11 is 0. The number of aliphatic carboxylic acids is 1. The molecule has 0 saturated heterocycles. The number of aromatic nitrogens is 2. The predicted molar refractivity (Wildman–Crippen MR) is 121 cm³/mol. The molecule has 4 unspecified atom stereocenters. The van der Waals surface area contributed by atoms with Gasteiger partial charge in [-0.25, -0.2) is 9.78 Å². The van der Waals surface area contributed by atoms with E-state index in [1.807, 2.05) is 0 Å². The van der Waals surface area contributed by atoms with E-state index in [1.54, 1.807) is 13.8 Å². The molecule has 1 aromatic rings. The minimum atomic E-state index is -1.43. The van der Waals surface area contributed by atoms with Crippen LogP contribution in [0, 0.1) is 5.92 Å². The second-order valence-corrected chi connectivity index (χ2v) is 8.25. The second-order valence-electron chi connectivity index (χ2n) is 8.25. The highest BCUT2D eigenvalue weighted by Crippen LogP contribution is 2.07. The van der Waals surface area contributed by atoms with E-state index in [0.29, 0.717) is 5.69 Å². The van der Waals surface area contributed by atoms with Crippen molar-refractivity contribution in [3.05, 3.63) is 18.2 Å². The van der Waals surface area contributed by atoms with Crippen LogP contribution in [0.2, 0.25) is 0 Å². The van der Waals surface area contributed by atoms with Gasteiger partial charge < -0.3 is 43.2 Å². The zero-order chi connectivity index (χ0) is 26.7. The first-order valence-corrected chi connectivity index (χ1v) is 10.7. The molecule has 0 aliphatic carbocycles. The maximum atomic E-state index is 13.0. The number of carboxylic acids is 1. The zero-order valence-corrected chi connectivity index (χ0v) is 19.4. The summed E-state index contributed by atoms with van der Waals surface area (Å²) in [6.07, 6.45) is 1.74. The van der Waals surface area contributed by atoms with E-state index < -0.39 is 72.0 Å². The number of imidazole rings is 1. The van der Waals surface area contributed by atoms with Crippen molar-refractivity contribution in [2.45, 2.75) is 63.7 Å². The van der Waals surface area contributed by atoms with E-state index in [0.717, 1.165) is 0 Å². The standard InChI is InChI=1S/C20H32N8O7/c1-9(2)16(28-17(31)11(21)6-15(23)30)19(33)27-13(5-10-7-24-8-25-10)18(32)26-12(20(34)35)3-4-14(22)29/h7-9,11-13,16H,3-6,21H2,1-2H3,(H2,22,29)(H2,23,30)(H,24,25)(H,26,32)(H,27,33)(H,28,31)(H,34,35). The quantitative estimate of drug-likeness (QED) is 0.120. The Morgan fingerprint density at radius 2 is 1.60 bits per heavy atom. The Balaban J connectivity index is 3.03. The molecule has 1 rings (SSSR count). The number of hydrogen-bond acceptors (Lipinski definition) is 8. The van der Waals surface area contributed by atoms with Gasteiger partial charge in [0.15, 0.2) is 0 Å². The fourth-order valence-electron chi connectivity index (χ4n) is 3.01. The van der Waals surface area contributed by atoms with Crippen LogP contribution in [-0.4, -0.2) is 74.7 Å². The number of primary amides is 2. The number of nitrogens with two attached hydrogens (primary N) is 3. The van der Waals surface area contributed by atoms with E-state index in [9.17, 15) is 33.9 Å². The van der Waals surface area contributed by atoms with E-state index in [-0.39, 0.29) is 19.3 Å². The monoisotopic (exact) mass is 496 g/mol. The van der Waals surface area contributed by atoms with Crippen molar-refractivity contribution in [1.29, 1.82) is 0 Å². The van der Waals surface area contributed by atoms with Gasteiger partial charge in [-0.15, -0.1) is 0 Å². The van der Waals surface area contributed by atoms with E-state index >= 15 is 0 Å². The number of rotatable bonds is 15. The molecule has 11 N–H and O–H groups in total. The van der Waals surface area contributed by atoms with Gasteiger partial charge in [0.05, 0.1) is 18.8 Å². The van der Waals surface area contributed by atoms with Crippen molar-refractivity contribution >= 4 is 35.5 Å². The van der Waals surface area contributed by atoms with E-state index in [1.165, 1.54) is 12.5 Å². The van der Waals surface area contributed by atoms with Crippen molar-refractivity contribution in [1.82, 2.24) is 25.9 Å². The van der Waals surface area contributed by atoms with Crippen LogP contribution in [0.1, 0.15) is 38.8 Å². The first-order chi connectivity index (χ1) is 16.3. The van der Waals surface area contributed by atoms with Crippen LogP contribution in [0.3, 0.4) is 0 Å². The number of hydrogen-bond donors (Lipinski definition) is 8. The van der Waals surface area contributed by atoms with Crippen LogP contribution in [0.4, 0.5) is 0 Å². The minimum absolute atomic E-state index is 0.0836. The first-order valence-electron chi connectivity index (χ1n) is 10.7. The molecule has 15 heteroatoms. The predicted octanol–water partition coefficient (Wildman–Crippen LogP) is -3.38. The number of carbonyl (C=O) groups excluding carboxylic acids is 5. The molecule has 0 radical (unpaired) electrons. The molecule has 0 aliphatic rings. The van der Waals surface area contributed by atoms with Crippen LogP contribution in [0.15, 0.2) is 12.5 Å². The summed E-state index contributed by atoms with van der Waals surface area (Å²) in [5.41, 5.74) is 16.2. The molecular weight excluding hydrogens is 464 g/mol. The number of aromatic amines is 1. The van der Waals surface area contributed by atoms with Crippen molar-refractivity contribution in [2.24, 2.45) is 23.1 Å². The third kappa shape index (κ3) is 10.2. The lowest BCUT2D eigenvalue weighted by Gasteiger charge is -2.26. The lowest BCUT2D eigenvalue weighted by atomic mass is 10.0. The summed E-state index contributed by atoms with van der Waals surface area (Å²) in [4.78, 5) is 78.4. The zero-order valence-electron chi connectivity index (χ0n) is 19.4. The van der Waals surface area contributed by atoms with E-state index in [4.69, 9.17) is 17.2 Å². The molecule has 194 valence electrons. The van der Waals surface area contributed by atoms with Gasteiger partial charge >= 0.3 is 5.97 Å². The molecule has 4 atom stereocenters. The van der Waals surface area contributed by atoms with Crippen LogP contribution in [0.25, 0.3) is 0 Å². The highest BCUT2D eigenvalue weighted by molar-refractivity contribution is 5.95. The molecular formula is C20H32N8O7. The van der Waals surface area contributed by atoms with Gasteiger partial charge in [-0.1, -0.05) is 13.8 Å². The van der Waals surface area contributed by atoms with Crippen molar-refractivity contribution in [3.63, 3.8) is 0 Å². The Morgan fingerprint density at radius 3 is 2.09 bits per heavy atom. The smallest absolute Gasteiger partial charge is 0.326 e. The Hall–Kier alpha value is -4.01. The third-order valence-electron chi connectivity index (χ3n) is 4.91. The molecule has 0 fully saturated rings. The topological polar surface area (TPSA) is 265 Å². The fourth-order valence-corrected chi connectivity index (χ4v) is 3.01. The fraction of sp³-hybridized carbons (Fsp3) is 0.550. The van der Waals surface area contributed by atoms with Crippen LogP contribution >= 0.6 is 0 Å². The SMILES string of the molecule is CC(C)C(NC(=O)C(N)CC(N)=O)C(=O)NC(Cc1cnc[nH]1)C(=O)NC(CCC(N)=O)C(=O)O. The summed E-state index contributed by atoms with van der Waals surface area (Å²) < 4.78 is 0. The van der Waals surface area contributed by atoms with Crippen molar-refractivity contribution < 1.29 is 33.9 Å². The summed E-state index contributed by atoms with van der Waals surface area (Å²) in [7, 11) is 0. The Morgan fingerprint density at radius 1 is 0.971 bits per heavy atom. The number of carboxylic acid groups (broad SMARTS) is 1. The lowest BCUT2D eigenvalue weighted by Crippen LogP contribution is -2.59. The molecule has 5 amide bonds. The van der Waals surface area contributed by atoms with Crippen molar-refractivity contribution in [2.75, 3.05) is 0 Å². The first kappa shape index (κ1) is 29.0. The van der Waals surface area contributed by atoms with E-state index in [2.05, 4.69) is 25.9 Å². The average Bonchev–Trinajstić information content (AvgIpc) is 3.25. The number of carbonyl (C=O) groups is 6. The van der Waals surface area contributed by atoms with Crippen LogP contribution in [0.5, 0.6) is 0 Å². The Kier molecular flexibility index (Phi) is 11.3. The maximum Gasteiger partial charge on any atom is 0.326 e. The van der Waals surface area contributed by atoms with Gasteiger partial charge in [-0.2, -0.15) is 0 Å². The van der Waals surface area contributed by atoms with Gasteiger partial charge in [-0.3, -0.25) is 24.0 Å². The van der Waals surface area contributed by atoms with Gasteiger partial charge in [0.1, 0.15) is 18.1 Å². The molecule has 35 heavy (non-hydrogen) atoms. The molecule has 0 saturated carbocycles. The van der Waals surface area contributed by atoms with Gasteiger partial charge in [0.2, 0.25) is 29.5 Å². The molecule has 1 heterocycles. The van der Waals surface area contributed by atoms with Crippen LogP contribution in [-0.2, 0) is 35.2 Å². The third-order valence-corrected chi connectivity index (χ3v) is 4.91. The average molecular weight is 497 g/mol. The molecule has 0 aliphatic heterocycles. The van der Waals surface area contributed by atoms with Crippen LogP contribution < -0.4 is 33.2 Å². The van der Waals surface area contributed by atoms with Gasteiger partial charge in [0, 0.05) is 24.7 Å². The molecule has 0 aromatic carbocycles. The second kappa shape index (κ2) is 13.6. The highest BCUT2D eigenvalue weighted by Gasteiger charge is 2.32. The molecule has 1 aromatic heterocycles. The maximum absolute atomic E-state index is 13.0. The Labute approximate surface area is 200 Å². The molecule has 0 bridgehead atoms. The lowest BCUT2D eigenvalue weighted by molar-refractivity contribution is -0.142. The normalized spacial score (nSPS) is 14.3.